The van der Waals surface area contributed by atoms with Gasteiger partial charge in [0.2, 0.25) is 0 Å². The summed E-state index contributed by atoms with van der Waals surface area (Å²) in [5, 5.41) is 13.5. The summed E-state index contributed by atoms with van der Waals surface area (Å²) < 4.78 is 0. The van der Waals surface area contributed by atoms with Crippen molar-refractivity contribution in [2.24, 2.45) is 5.92 Å². The molecular formula is C14H23N3O3S. The molecule has 1 aromatic heterocycles. The lowest BCUT2D eigenvalue weighted by Crippen LogP contribution is -2.37. The van der Waals surface area contributed by atoms with E-state index in [4.69, 9.17) is 5.11 Å². The third-order valence-electron chi connectivity index (χ3n) is 3.40. The monoisotopic (exact) mass is 313 g/mol. The Morgan fingerprint density at radius 2 is 2.24 bits per heavy atom. The SMILES string of the molecule is CCC(CCNC(=O)N(C)Cc1cscn1)CCC(=O)O. The zero-order valence-corrected chi connectivity index (χ0v) is 13.4. The van der Waals surface area contributed by atoms with Crippen molar-refractivity contribution < 1.29 is 14.7 Å². The van der Waals surface area contributed by atoms with E-state index in [0.29, 0.717) is 25.4 Å². The van der Waals surface area contributed by atoms with Crippen LogP contribution in [0, 0.1) is 5.92 Å². The highest BCUT2D eigenvalue weighted by molar-refractivity contribution is 7.07. The first-order valence-corrected chi connectivity index (χ1v) is 8.05. The zero-order chi connectivity index (χ0) is 15.7. The van der Waals surface area contributed by atoms with E-state index < -0.39 is 5.97 Å². The number of carboxylic acid groups (broad SMARTS) is 1. The molecular weight excluding hydrogens is 290 g/mol. The quantitative estimate of drug-likeness (QED) is 0.734. The lowest BCUT2D eigenvalue weighted by Gasteiger charge is -2.18. The Morgan fingerprint density at radius 3 is 2.81 bits per heavy atom. The predicted octanol–water partition coefficient (Wildman–Crippen LogP) is 2.57. The van der Waals surface area contributed by atoms with Crippen molar-refractivity contribution in [3.63, 3.8) is 0 Å². The number of thiazole rings is 1. The number of hydrogen-bond donors (Lipinski definition) is 2. The Balaban J connectivity index is 2.23. The van der Waals surface area contributed by atoms with Crippen LogP contribution in [0.4, 0.5) is 4.79 Å². The summed E-state index contributed by atoms with van der Waals surface area (Å²) in [6, 6.07) is -0.129. The molecule has 0 radical (unpaired) electrons. The first kappa shape index (κ1) is 17.4. The van der Waals surface area contributed by atoms with Crippen LogP contribution in [0.25, 0.3) is 0 Å². The van der Waals surface area contributed by atoms with Gasteiger partial charge in [0.25, 0.3) is 0 Å². The van der Waals surface area contributed by atoms with Crippen molar-refractivity contribution in [2.75, 3.05) is 13.6 Å². The third kappa shape index (κ3) is 7.08. The van der Waals surface area contributed by atoms with Gasteiger partial charge in [-0.05, 0) is 18.8 Å². The first-order chi connectivity index (χ1) is 10.0. The number of carbonyl (C=O) groups is 2. The molecule has 6 nitrogen and oxygen atoms in total. The Labute approximate surface area is 129 Å². The van der Waals surface area contributed by atoms with E-state index >= 15 is 0 Å². The van der Waals surface area contributed by atoms with E-state index in [9.17, 15) is 9.59 Å². The summed E-state index contributed by atoms with van der Waals surface area (Å²) in [5.41, 5.74) is 2.63. The number of rotatable bonds is 9. The lowest BCUT2D eigenvalue weighted by atomic mass is 9.97. The molecule has 1 aromatic rings. The van der Waals surface area contributed by atoms with E-state index in [2.05, 4.69) is 10.3 Å². The van der Waals surface area contributed by atoms with E-state index in [1.807, 2.05) is 12.3 Å². The van der Waals surface area contributed by atoms with Crippen LogP contribution in [0.3, 0.4) is 0 Å². The van der Waals surface area contributed by atoms with Gasteiger partial charge >= 0.3 is 12.0 Å². The van der Waals surface area contributed by atoms with Gasteiger partial charge < -0.3 is 15.3 Å². The Bertz CT molecular complexity index is 437. The molecule has 1 unspecified atom stereocenters. The molecule has 7 heteroatoms. The molecule has 1 heterocycles. The summed E-state index contributed by atoms with van der Waals surface area (Å²) >= 11 is 1.51. The maximum absolute atomic E-state index is 11.9. The number of aromatic nitrogens is 1. The van der Waals surface area contributed by atoms with E-state index in [1.54, 1.807) is 17.5 Å². The first-order valence-electron chi connectivity index (χ1n) is 7.10. The second-order valence-corrected chi connectivity index (χ2v) is 5.78. The summed E-state index contributed by atoms with van der Waals surface area (Å²) in [6.07, 6.45) is 2.59. The van der Waals surface area contributed by atoms with Crippen LogP contribution in [0.1, 0.15) is 38.3 Å². The topological polar surface area (TPSA) is 82.5 Å². The van der Waals surface area contributed by atoms with Crippen LogP contribution in [0.15, 0.2) is 10.9 Å². The van der Waals surface area contributed by atoms with Crippen molar-refractivity contribution in [1.82, 2.24) is 15.2 Å². The number of aliphatic carboxylic acids is 1. The minimum Gasteiger partial charge on any atom is -0.481 e. The molecule has 0 aliphatic carbocycles. The number of carboxylic acids is 1. The maximum Gasteiger partial charge on any atom is 0.317 e. The van der Waals surface area contributed by atoms with Crippen LogP contribution >= 0.6 is 11.3 Å². The number of nitrogens with one attached hydrogen (secondary N) is 1. The van der Waals surface area contributed by atoms with Crippen molar-refractivity contribution in [3.05, 3.63) is 16.6 Å². The number of carbonyl (C=O) groups excluding carboxylic acids is 1. The molecule has 2 N–H and O–H groups in total. The highest BCUT2D eigenvalue weighted by Gasteiger charge is 2.12. The number of hydrogen-bond acceptors (Lipinski definition) is 4. The molecule has 118 valence electrons. The van der Waals surface area contributed by atoms with Gasteiger partial charge in [0.15, 0.2) is 0 Å². The fraction of sp³-hybridized carbons (Fsp3) is 0.643. The Hall–Kier alpha value is -1.63. The van der Waals surface area contributed by atoms with Gasteiger partial charge in [0, 0.05) is 25.4 Å². The number of urea groups is 1. The molecule has 0 saturated heterocycles. The Kier molecular flexibility index (Phi) is 7.74. The average molecular weight is 313 g/mol. The second-order valence-electron chi connectivity index (χ2n) is 5.06. The highest BCUT2D eigenvalue weighted by atomic mass is 32.1. The molecule has 0 aromatic carbocycles. The van der Waals surface area contributed by atoms with Crippen LogP contribution in [-0.2, 0) is 11.3 Å². The van der Waals surface area contributed by atoms with Gasteiger partial charge in [-0.3, -0.25) is 4.79 Å². The van der Waals surface area contributed by atoms with Gasteiger partial charge in [-0.15, -0.1) is 11.3 Å². The van der Waals surface area contributed by atoms with Gasteiger partial charge in [-0.1, -0.05) is 13.3 Å². The molecule has 0 spiro atoms. The van der Waals surface area contributed by atoms with Crippen LogP contribution in [0.2, 0.25) is 0 Å². The Morgan fingerprint density at radius 1 is 1.48 bits per heavy atom. The van der Waals surface area contributed by atoms with Crippen LogP contribution in [-0.4, -0.2) is 40.6 Å². The minimum atomic E-state index is -0.763. The molecule has 21 heavy (non-hydrogen) atoms. The smallest absolute Gasteiger partial charge is 0.317 e. The fourth-order valence-electron chi connectivity index (χ4n) is 2.03. The van der Waals surface area contributed by atoms with Crippen molar-refractivity contribution >= 4 is 23.3 Å². The van der Waals surface area contributed by atoms with Gasteiger partial charge in [0.05, 0.1) is 17.7 Å². The molecule has 2 amide bonds. The zero-order valence-electron chi connectivity index (χ0n) is 12.5. The largest absolute Gasteiger partial charge is 0.481 e. The van der Waals surface area contributed by atoms with E-state index in [1.165, 1.54) is 11.3 Å². The van der Waals surface area contributed by atoms with Gasteiger partial charge in [-0.2, -0.15) is 0 Å². The summed E-state index contributed by atoms with van der Waals surface area (Å²) in [4.78, 5) is 28.2. The summed E-state index contributed by atoms with van der Waals surface area (Å²) in [5.74, 6) is -0.425. The molecule has 0 aliphatic heterocycles. The molecule has 0 fully saturated rings. The maximum atomic E-state index is 11.9. The lowest BCUT2D eigenvalue weighted by molar-refractivity contribution is -0.137. The minimum absolute atomic E-state index is 0.129. The van der Waals surface area contributed by atoms with Crippen molar-refractivity contribution in [2.45, 2.75) is 39.2 Å². The van der Waals surface area contributed by atoms with Crippen molar-refractivity contribution in [1.29, 1.82) is 0 Å². The molecule has 0 saturated carbocycles. The predicted molar refractivity (Wildman–Crippen MR) is 82.2 cm³/mol. The average Bonchev–Trinajstić information content (AvgIpc) is 2.94. The molecule has 1 rings (SSSR count). The van der Waals surface area contributed by atoms with Crippen LogP contribution in [0.5, 0.6) is 0 Å². The second kappa shape index (κ2) is 9.33. The molecule has 0 aliphatic rings. The van der Waals surface area contributed by atoms with Gasteiger partial charge in [0.1, 0.15) is 0 Å². The fourth-order valence-corrected chi connectivity index (χ4v) is 2.58. The molecule has 0 bridgehead atoms. The van der Waals surface area contributed by atoms with E-state index in [-0.39, 0.29) is 12.5 Å². The molecule has 1 atom stereocenters. The van der Waals surface area contributed by atoms with Crippen LogP contribution < -0.4 is 5.32 Å². The van der Waals surface area contributed by atoms with Gasteiger partial charge in [-0.25, -0.2) is 9.78 Å². The normalized spacial score (nSPS) is 11.9. The third-order valence-corrected chi connectivity index (χ3v) is 4.04. The standard InChI is InChI=1S/C14H23N3O3S/c1-3-11(4-5-13(18)19)6-7-15-14(20)17(2)8-12-9-21-10-16-12/h9-11H,3-8H2,1-2H3,(H,15,20)(H,18,19). The van der Waals surface area contributed by atoms with Crippen molar-refractivity contribution in [3.8, 4) is 0 Å². The summed E-state index contributed by atoms with van der Waals surface area (Å²) in [7, 11) is 1.73. The summed E-state index contributed by atoms with van der Waals surface area (Å²) in [6.45, 7) is 3.10. The number of amides is 2. The highest BCUT2D eigenvalue weighted by Crippen LogP contribution is 2.14. The van der Waals surface area contributed by atoms with E-state index in [0.717, 1.165) is 18.5 Å². The number of nitrogens with zero attached hydrogens (tertiary/aromatic N) is 2.